The first-order valence-electron chi connectivity index (χ1n) is 9.10. The number of nitrogens with zero attached hydrogens (tertiary/aromatic N) is 5. The highest BCUT2D eigenvalue weighted by Gasteiger charge is 2.30. The van der Waals surface area contributed by atoms with Crippen LogP contribution in [0.1, 0.15) is 35.1 Å². The highest BCUT2D eigenvalue weighted by atomic mass is 16.2. The standard InChI is InChI=1S/C19H20N6O3/c1-23-19(28)25(14-7-3-2-4-8-14)17(22-23)13-6-5-9-24(12-13)18(27)15-10-21-16(26)11-20-15/h2-4,7-8,10-11,13H,5-6,9,12H2,1H3,(H,21,26). The monoisotopic (exact) mass is 380 g/mol. The van der Waals surface area contributed by atoms with Crippen LogP contribution in [0.25, 0.3) is 5.69 Å². The van der Waals surface area contributed by atoms with Crippen molar-refractivity contribution in [3.8, 4) is 5.69 Å². The smallest absolute Gasteiger partial charge is 0.337 e. The summed E-state index contributed by atoms with van der Waals surface area (Å²) in [4.78, 5) is 44.7. The van der Waals surface area contributed by atoms with Gasteiger partial charge in [0.25, 0.3) is 11.5 Å². The van der Waals surface area contributed by atoms with Crippen LogP contribution < -0.4 is 11.2 Å². The van der Waals surface area contributed by atoms with Gasteiger partial charge < -0.3 is 9.88 Å². The molecule has 0 spiro atoms. The topological polar surface area (TPSA) is 106 Å². The predicted octanol–water partition coefficient (Wildman–Crippen LogP) is 0.674. The number of amides is 1. The molecule has 1 saturated heterocycles. The van der Waals surface area contributed by atoms with Crippen molar-refractivity contribution in [2.75, 3.05) is 13.1 Å². The van der Waals surface area contributed by atoms with Crippen LogP contribution in [-0.2, 0) is 7.05 Å². The largest absolute Gasteiger partial charge is 0.350 e. The van der Waals surface area contributed by atoms with Gasteiger partial charge in [-0.25, -0.2) is 19.0 Å². The van der Waals surface area contributed by atoms with Gasteiger partial charge in [-0.2, -0.15) is 5.10 Å². The second kappa shape index (κ2) is 7.26. The maximum absolute atomic E-state index is 12.8. The molecule has 144 valence electrons. The summed E-state index contributed by atoms with van der Waals surface area (Å²) in [5.41, 5.74) is 0.378. The maximum Gasteiger partial charge on any atom is 0.350 e. The number of aromatic amines is 1. The number of likely N-dealkylation sites (tertiary alicyclic amines) is 1. The summed E-state index contributed by atoms with van der Waals surface area (Å²) in [5.74, 6) is 0.325. The Kier molecular flexibility index (Phi) is 4.64. The van der Waals surface area contributed by atoms with E-state index in [2.05, 4.69) is 15.1 Å². The van der Waals surface area contributed by atoms with Crippen molar-refractivity contribution in [3.05, 3.63) is 75.1 Å². The maximum atomic E-state index is 12.8. The average Bonchev–Trinajstić information content (AvgIpc) is 3.03. The van der Waals surface area contributed by atoms with E-state index in [4.69, 9.17) is 0 Å². The fourth-order valence-electron chi connectivity index (χ4n) is 3.56. The van der Waals surface area contributed by atoms with Crippen LogP contribution in [0.5, 0.6) is 0 Å². The van der Waals surface area contributed by atoms with Gasteiger partial charge in [0.2, 0.25) is 0 Å². The average molecular weight is 380 g/mol. The van der Waals surface area contributed by atoms with Crippen molar-refractivity contribution >= 4 is 5.91 Å². The zero-order valence-corrected chi connectivity index (χ0v) is 15.4. The lowest BCUT2D eigenvalue weighted by atomic mass is 9.96. The van der Waals surface area contributed by atoms with Crippen molar-refractivity contribution in [3.63, 3.8) is 0 Å². The lowest BCUT2D eigenvalue weighted by molar-refractivity contribution is 0.0697. The minimum absolute atomic E-state index is 0.0745. The molecule has 0 aliphatic carbocycles. The number of H-pyrrole nitrogens is 1. The molecule has 0 radical (unpaired) electrons. The number of para-hydroxylation sites is 1. The minimum Gasteiger partial charge on any atom is -0.337 e. The van der Waals surface area contributed by atoms with Crippen LogP contribution in [0.4, 0.5) is 0 Å². The quantitative estimate of drug-likeness (QED) is 0.719. The molecule has 1 amide bonds. The molecule has 1 atom stereocenters. The molecule has 0 saturated carbocycles. The lowest BCUT2D eigenvalue weighted by Gasteiger charge is -2.32. The molecule has 2 aromatic heterocycles. The summed E-state index contributed by atoms with van der Waals surface area (Å²) in [5, 5.41) is 4.45. The summed E-state index contributed by atoms with van der Waals surface area (Å²) in [6.45, 7) is 1.03. The molecule has 1 N–H and O–H groups in total. The van der Waals surface area contributed by atoms with Crippen LogP contribution in [0.2, 0.25) is 0 Å². The molecule has 9 nitrogen and oxygen atoms in total. The van der Waals surface area contributed by atoms with E-state index < -0.39 is 0 Å². The van der Waals surface area contributed by atoms with Crippen LogP contribution in [0.3, 0.4) is 0 Å². The first-order chi connectivity index (χ1) is 13.5. The molecule has 1 aromatic carbocycles. The predicted molar refractivity (Wildman–Crippen MR) is 102 cm³/mol. The van der Waals surface area contributed by atoms with Gasteiger partial charge in [0.05, 0.1) is 11.9 Å². The Bertz CT molecular complexity index is 1090. The van der Waals surface area contributed by atoms with E-state index >= 15 is 0 Å². The molecular formula is C19H20N6O3. The van der Waals surface area contributed by atoms with Crippen molar-refractivity contribution in [2.45, 2.75) is 18.8 Å². The molecule has 9 heteroatoms. The van der Waals surface area contributed by atoms with Crippen LogP contribution in [0.15, 0.2) is 52.3 Å². The number of aryl methyl sites for hydroxylation is 1. The normalized spacial score (nSPS) is 16.9. The molecule has 4 rings (SSSR count). The van der Waals surface area contributed by atoms with Crippen molar-refractivity contribution < 1.29 is 4.79 Å². The van der Waals surface area contributed by atoms with Gasteiger partial charge in [-0.05, 0) is 25.0 Å². The molecule has 0 bridgehead atoms. The first-order valence-corrected chi connectivity index (χ1v) is 9.10. The molecular weight excluding hydrogens is 360 g/mol. The fraction of sp³-hybridized carbons (Fsp3) is 0.316. The molecule has 3 aromatic rings. The molecule has 1 aliphatic heterocycles. The van der Waals surface area contributed by atoms with Gasteiger partial charge in [-0.3, -0.25) is 9.59 Å². The second-order valence-electron chi connectivity index (χ2n) is 6.82. The third-order valence-electron chi connectivity index (χ3n) is 4.93. The number of nitrogens with one attached hydrogen (secondary N) is 1. The summed E-state index contributed by atoms with van der Waals surface area (Å²) >= 11 is 0. The van der Waals surface area contributed by atoms with E-state index in [1.54, 1.807) is 16.5 Å². The van der Waals surface area contributed by atoms with Gasteiger partial charge in [-0.1, -0.05) is 18.2 Å². The van der Waals surface area contributed by atoms with Crippen molar-refractivity contribution in [2.24, 2.45) is 7.05 Å². The molecule has 1 fully saturated rings. The molecule has 1 aliphatic rings. The molecule has 3 heterocycles. The van der Waals surface area contributed by atoms with E-state index in [0.29, 0.717) is 18.9 Å². The summed E-state index contributed by atoms with van der Waals surface area (Å²) in [6, 6.07) is 9.36. The van der Waals surface area contributed by atoms with E-state index in [1.165, 1.54) is 10.9 Å². The van der Waals surface area contributed by atoms with Crippen molar-refractivity contribution in [1.29, 1.82) is 0 Å². The zero-order valence-electron chi connectivity index (χ0n) is 15.4. The van der Waals surface area contributed by atoms with E-state index in [1.807, 2.05) is 30.3 Å². The van der Waals surface area contributed by atoms with E-state index in [-0.39, 0.29) is 28.8 Å². The summed E-state index contributed by atoms with van der Waals surface area (Å²) in [7, 11) is 1.63. The Morgan fingerprint density at radius 2 is 2.00 bits per heavy atom. The Labute approximate surface area is 160 Å². The first kappa shape index (κ1) is 17.9. The number of carbonyl (C=O) groups excluding carboxylic acids is 1. The summed E-state index contributed by atoms with van der Waals surface area (Å²) < 4.78 is 2.93. The SMILES string of the molecule is Cn1nc(C2CCCN(C(=O)c3c[nH]c(=O)cn3)C2)n(-c2ccccc2)c1=O. The number of rotatable bonds is 3. The van der Waals surface area contributed by atoms with Gasteiger partial charge in [-0.15, -0.1) is 0 Å². The summed E-state index contributed by atoms with van der Waals surface area (Å²) in [6.07, 6.45) is 4.04. The van der Waals surface area contributed by atoms with Gasteiger partial charge in [0.1, 0.15) is 11.5 Å². The Hall–Kier alpha value is -3.49. The zero-order chi connectivity index (χ0) is 19.7. The Morgan fingerprint density at radius 1 is 1.21 bits per heavy atom. The second-order valence-corrected chi connectivity index (χ2v) is 6.82. The highest BCUT2D eigenvalue weighted by molar-refractivity contribution is 5.92. The number of benzene rings is 1. The number of aromatic nitrogens is 5. The lowest BCUT2D eigenvalue weighted by Crippen LogP contribution is -2.40. The van der Waals surface area contributed by atoms with Crippen LogP contribution in [0, 0.1) is 0 Å². The number of hydrogen-bond acceptors (Lipinski definition) is 5. The van der Waals surface area contributed by atoms with Gasteiger partial charge in [0, 0.05) is 32.3 Å². The van der Waals surface area contributed by atoms with Crippen LogP contribution in [-0.4, -0.2) is 48.2 Å². The van der Waals surface area contributed by atoms with Crippen LogP contribution >= 0.6 is 0 Å². The molecule has 1 unspecified atom stereocenters. The van der Waals surface area contributed by atoms with Crippen molar-refractivity contribution in [1.82, 2.24) is 29.2 Å². The van der Waals surface area contributed by atoms with E-state index in [0.717, 1.165) is 24.7 Å². The number of hydrogen-bond donors (Lipinski definition) is 1. The van der Waals surface area contributed by atoms with Gasteiger partial charge in [0.15, 0.2) is 0 Å². The highest BCUT2D eigenvalue weighted by Crippen LogP contribution is 2.27. The fourth-order valence-corrected chi connectivity index (χ4v) is 3.56. The number of piperidine rings is 1. The number of carbonyl (C=O) groups is 1. The Balaban J connectivity index is 1.65. The Morgan fingerprint density at radius 3 is 2.71 bits per heavy atom. The third-order valence-corrected chi connectivity index (χ3v) is 4.93. The molecule has 28 heavy (non-hydrogen) atoms. The van der Waals surface area contributed by atoms with Gasteiger partial charge >= 0.3 is 5.69 Å². The third kappa shape index (κ3) is 3.26. The van der Waals surface area contributed by atoms with E-state index in [9.17, 15) is 14.4 Å². The minimum atomic E-state index is -0.353.